The van der Waals surface area contributed by atoms with Crippen molar-refractivity contribution in [3.63, 3.8) is 0 Å². The number of rotatable bonds is 9. The van der Waals surface area contributed by atoms with E-state index >= 15 is 0 Å². The Labute approximate surface area is 196 Å². The van der Waals surface area contributed by atoms with Gasteiger partial charge in [-0.2, -0.15) is 0 Å². The summed E-state index contributed by atoms with van der Waals surface area (Å²) in [6.07, 6.45) is -0.0379. The predicted octanol–water partition coefficient (Wildman–Crippen LogP) is 2.42. The van der Waals surface area contributed by atoms with Crippen molar-refractivity contribution in [3.05, 3.63) is 48.0 Å². The second kappa shape index (κ2) is 11.2. The van der Waals surface area contributed by atoms with Gasteiger partial charge in [0.15, 0.2) is 6.61 Å². The fourth-order valence-corrected chi connectivity index (χ4v) is 3.46. The molecule has 2 aromatic carbocycles. The van der Waals surface area contributed by atoms with Gasteiger partial charge in [-0.15, -0.1) is 0 Å². The van der Waals surface area contributed by atoms with Crippen molar-refractivity contribution in [3.8, 4) is 11.5 Å². The van der Waals surface area contributed by atoms with Crippen LogP contribution >= 0.6 is 0 Å². The molecular weight excluding hydrogens is 444 g/mol. The third kappa shape index (κ3) is 5.83. The van der Waals surface area contributed by atoms with E-state index in [0.717, 1.165) is 0 Å². The minimum atomic E-state index is -0.712. The van der Waals surface area contributed by atoms with Crippen molar-refractivity contribution in [2.45, 2.75) is 13.3 Å². The minimum Gasteiger partial charge on any atom is -0.497 e. The first-order valence-electron chi connectivity index (χ1n) is 10.6. The normalized spacial score (nSPS) is 15.0. The van der Waals surface area contributed by atoms with E-state index in [1.54, 1.807) is 49.4 Å². The largest absolute Gasteiger partial charge is 0.497 e. The summed E-state index contributed by atoms with van der Waals surface area (Å²) in [5.41, 5.74) is 1.29. The number of nitrogens with one attached hydrogen (secondary N) is 1. The molecule has 1 aliphatic heterocycles. The zero-order valence-electron chi connectivity index (χ0n) is 19.2. The van der Waals surface area contributed by atoms with Gasteiger partial charge in [0, 0.05) is 24.7 Å². The summed E-state index contributed by atoms with van der Waals surface area (Å²) in [5, 5.41) is 2.61. The van der Waals surface area contributed by atoms with E-state index in [4.69, 9.17) is 18.9 Å². The number of amides is 2. The molecule has 1 N–H and O–H groups in total. The minimum absolute atomic E-state index is 0.0379. The van der Waals surface area contributed by atoms with Crippen LogP contribution in [0.1, 0.15) is 23.7 Å². The molecule has 0 unspecified atom stereocenters. The highest BCUT2D eigenvalue weighted by atomic mass is 16.5. The summed E-state index contributed by atoms with van der Waals surface area (Å²) in [7, 11) is 2.96. The quantitative estimate of drug-likeness (QED) is 0.555. The Kier molecular flexibility index (Phi) is 8.07. The number of carbonyl (C=O) groups excluding carboxylic acids is 4. The van der Waals surface area contributed by atoms with E-state index in [2.05, 4.69) is 5.32 Å². The lowest BCUT2D eigenvalue weighted by atomic mass is 10.1. The molecule has 2 amide bonds. The van der Waals surface area contributed by atoms with E-state index in [1.807, 2.05) is 0 Å². The second-order valence-electron chi connectivity index (χ2n) is 7.39. The second-order valence-corrected chi connectivity index (χ2v) is 7.39. The van der Waals surface area contributed by atoms with Crippen molar-refractivity contribution in [2.75, 3.05) is 44.2 Å². The monoisotopic (exact) mass is 470 g/mol. The molecule has 0 spiro atoms. The maximum atomic E-state index is 12.5. The van der Waals surface area contributed by atoms with Crippen LogP contribution in [-0.2, 0) is 23.9 Å². The number of hydrogen-bond donors (Lipinski definition) is 1. The summed E-state index contributed by atoms with van der Waals surface area (Å²) < 4.78 is 20.4. The number of carbonyl (C=O) groups is 4. The topological polar surface area (TPSA) is 120 Å². The highest BCUT2D eigenvalue weighted by Crippen LogP contribution is 2.29. The van der Waals surface area contributed by atoms with Gasteiger partial charge in [-0.05, 0) is 43.3 Å². The highest BCUT2D eigenvalue weighted by molar-refractivity contribution is 6.00. The van der Waals surface area contributed by atoms with Gasteiger partial charge in [0.1, 0.15) is 11.5 Å². The number of ether oxygens (including phenoxy) is 4. The van der Waals surface area contributed by atoms with Gasteiger partial charge < -0.3 is 29.2 Å². The Bertz CT molecular complexity index is 1070. The summed E-state index contributed by atoms with van der Waals surface area (Å²) in [4.78, 5) is 50.4. The zero-order chi connectivity index (χ0) is 24.7. The van der Waals surface area contributed by atoms with Crippen LogP contribution < -0.4 is 19.7 Å². The number of benzene rings is 2. The van der Waals surface area contributed by atoms with Crippen molar-refractivity contribution in [1.29, 1.82) is 0 Å². The molecular formula is C24H26N2O8. The maximum absolute atomic E-state index is 12.5. The summed E-state index contributed by atoms with van der Waals surface area (Å²) in [6, 6.07) is 11.3. The van der Waals surface area contributed by atoms with Gasteiger partial charge in [-0.25, -0.2) is 4.79 Å². The van der Waals surface area contributed by atoms with Crippen molar-refractivity contribution >= 4 is 35.1 Å². The SMILES string of the molecule is CCOC(=O)c1ccc(N2C[C@H](C(=O)OCC(=O)Nc3cc(OC)ccc3OC)CC2=O)cc1. The Morgan fingerprint density at radius 1 is 1.03 bits per heavy atom. The Hall–Kier alpha value is -4.08. The standard InChI is InChI=1S/C24H26N2O8/c1-4-33-23(29)15-5-7-17(8-6-15)26-13-16(11-22(26)28)24(30)34-14-21(27)25-19-12-18(31-2)9-10-20(19)32-3/h5-10,12,16H,4,11,13-14H2,1-3H3,(H,25,27)/t16-/m1/s1. The fourth-order valence-electron chi connectivity index (χ4n) is 3.46. The number of nitrogens with zero attached hydrogens (tertiary/aromatic N) is 1. The molecule has 1 heterocycles. The number of methoxy groups -OCH3 is 2. The first kappa shape index (κ1) is 24.6. The van der Waals surface area contributed by atoms with Crippen LogP contribution in [0.2, 0.25) is 0 Å². The van der Waals surface area contributed by atoms with Gasteiger partial charge in [0.05, 0.1) is 38.0 Å². The molecule has 0 saturated carbocycles. The Balaban J connectivity index is 1.55. The highest BCUT2D eigenvalue weighted by Gasteiger charge is 2.36. The summed E-state index contributed by atoms with van der Waals surface area (Å²) in [5.74, 6) is -1.68. The lowest BCUT2D eigenvalue weighted by Gasteiger charge is -2.17. The van der Waals surface area contributed by atoms with Crippen molar-refractivity contribution < 1.29 is 38.1 Å². The molecule has 1 saturated heterocycles. The van der Waals surface area contributed by atoms with Gasteiger partial charge in [-0.3, -0.25) is 14.4 Å². The van der Waals surface area contributed by atoms with Gasteiger partial charge in [0.25, 0.3) is 5.91 Å². The smallest absolute Gasteiger partial charge is 0.338 e. The maximum Gasteiger partial charge on any atom is 0.338 e. The van der Waals surface area contributed by atoms with Crippen LogP contribution in [0, 0.1) is 5.92 Å². The average molecular weight is 470 g/mol. The lowest BCUT2D eigenvalue weighted by Crippen LogP contribution is -2.28. The first-order chi connectivity index (χ1) is 16.4. The lowest BCUT2D eigenvalue weighted by molar-refractivity contribution is -0.151. The molecule has 0 aromatic heterocycles. The van der Waals surface area contributed by atoms with Gasteiger partial charge in [0.2, 0.25) is 5.91 Å². The van der Waals surface area contributed by atoms with Crippen LogP contribution in [-0.4, -0.2) is 57.7 Å². The molecule has 0 aliphatic carbocycles. The molecule has 2 aromatic rings. The van der Waals surface area contributed by atoms with Crippen molar-refractivity contribution in [2.24, 2.45) is 5.92 Å². The molecule has 1 aliphatic rings. The molecule has 180 valence electrons. The average Bonchev–Trinajstić information content (AvgIpc) is 3.24. The van der Waals surface area contributed by atoms with Crippen LogP contribution in [0.3, 0.4) is 0 Å². The molecule has 10 heteroatoms. The molecule has 3 rings (SSSR count). The molecule has 10 nitrogen and oxygen atoms in total. The van der Waals surface area contributed by atoms with Crippen LogP contribution in [0.15, 0.2) is 42.5 Å². The number of hydrogen-bond acceptors (Lipinski definition) is 8. The van der Waals surface area contributed by atoms with Crippen LogP contribution in [0.4, 0.5) is 11.4 Å². The van der Waals surface area contributed by atoms with Gasteiger partial charge in [-0.1, -0.05) is 0 Å². The van der Waals surface area contributed by atoms with Crippen LogP contribution in [0.25, 0.3) is 0 Å². The molecule has 0 bridgehead atoms. The zero-order valence-corrected chi connectivity index (χ0v) is 19.2. The first-order valence-corrected chi connectivity index (χ1v) is 10.6. The van der Waals surface area contributed by atoms with E-state index in [9.17, 15) is 19.2 Å². The molecule has 34 heavy (non-hydrogen) atoms. The predicted molar refractivity (Wildman–Crippen MR) is 122 cm³/mol. The molecule has 1 atom stereocenters. The number of anilines is 2. The molecule has 0 radical (unpaired) electrons. The van der Waals surface area contributed by atoms with Crippen molar-refractivity contribution in [1.82, 2.24) is 0 Å². The van der Waals surface area contributed by atoms with E-state index in [-0.39, 0.29) is 25.5 Å². The Morgan fingerprint density at radius 3 is 2.41 bits per heavy atom. The molecule has 1 fully saturated rings. The van der Waals surface area contributed by atoms with E-state index < -0.39 is 30.4 Å². The van der Waals surface area contributed by atoms with Crippen LogP contribution in [0.5, 0.6) is 11.5 Å². The fraction of sp³-hybridized carbons (Fsp3) is 0.333. The number of esters is 2. The third-order valence-electron chi connectivity index (χ3n) is 5.17. The van der Waals surface area contributed by atoms with E-state index in [1.165, 1.54) is 19.1 Å². The summed E-state index contributed by atoms with van der Waals surface area (Å²) in [6.45, 7) is 1.58. The van der Waals surface area contributed by atoms with Gasteiger partial charge >= 0.3 is 11.9 Å². The van der Waals surface area contributed by atoms with E-state index in [0.29, 0.717) is 28.4 Å². The third-order valence-corrected chi connectivity index (χ3v) is 5.17. The summed E-state index contributed by atoms with van der Waals surface area (Å²) >= 11 is 0. The Morgan fingerprint density at radius 2 is 1.76 bits per heavy atom.